The molecule has 0 unspecified atom stereocenters. The second-order valence-electron chi connectivity index (χ2n) is 6.98. The Morgan fingerprint density at radius 1 is 0.568 bits per heavy atom. The zero-order chi connectivity index (χ0) is 25.6. The van der Waals surface area contributed by atoms with Crippen LogP contribution in [-0.4, -0.2) is 31.6 Å². The van der Waals surface area contributed by atoms with E-state index in [-0.39, 0.29) is 26.7 Å². The van der Waals surface area contributed by atoms with Crippen molar-refractivity contribution in [1.29, 1.82) is 0 Å². The van der Waals surface area contributed by atoms with Gasteiger partial charge in [0.2, 0.25) is 0 Å². The fourth-order valence-electron chi connectivity index (χ4n) is 2.91. The quantitative estimate of drug-likeness (QED) is 0.0920. The van der Waals surface area contributed by atoms with Crippen LogP contribution in [0.4, 0.5) is 0 Å². The standard InChI is InChI=1S/2C13H12N4S.Ni/c2*14-13(18)17-16-12(10-6-2-1-3-7-10)11-8-4-5-9-15-11;/h2*1-9H,(H3,14,15,17,18);/q;;+2. The van der Waals surface area contributed by atoms with Gasteiger partial charge in [-0.3, -0.25) is 21.4 Å². The Morgan fingerprint density at radius 3 is 1.22 bits per heavy atom. The summed E-state index contributed by atoms with van der Waals surface area (Å²) in [6, 6.07) is 30.6. The van der Waals surface area contributed by atoms with Gasteiger partial charge in [0.05, 0.1) is 22.8 Å². The summed E-state index contributed by atoms with van der Waals surface area (Å²) in [7, 11) is 0. The molecular formula is C26H24N8NiS2+2. The zero-order valence-electron chi connectivity index (χ0n) is 19.4. The molecule has 37 heavy (non-hydrogen) atoms. The van der Waals surface area contributed by atoms with Gasteiger partial charge in [-0.15, -0.1) is 0 Å². The first-order chi connectivity index (χ1) is 17.5. The Bertz CT molecular complexity index is 1130. The first-order valence-electron chi connectivity index (χ1n) is 10.7. The van der Waals surface area contributed by atoms with Crippen molar-refractivity contribution in [2.75, 3.05) is 0 Å². The van der Waals surface area contributed by atoms with Crippen molar-refractivity contribution in [2.45, 2.75) is 0 Å². The van der Waals surface area contributed by atoms with Crippen molar-refractivity contribution < 1.29 is 16.5 Å². The smallest absolute Gasteiger partial charge is 0.515 e. The van der Waals surface area contributed by atoms with Crippen molar-refractivity contribution in [2.24, 2.45) is 21.7 Å². The molecule has 0 aliphatic heterocycles. The van der Waals surface area contributed by atoms with Crippen molar-refractivity contribution in [3.63, 3.8) is 0 Å². The van der Waals surface area contributed by atoms with E-state index in [9.17, 15) is 0 Å². The third-order valence-electron chi connectivity index (χ3n) is 4.41. The molecule has 0 fully saturated rings. The minimum atomic E-state index is 0. The molecule has 4 N–H and O–H groups in total. The molecule has 11 heteroatoms. The van der Waals surface area contributed by atoms with Gasteiger partial charge in [0.1, 0.15) is 0 Å². The number of hydrogen-bond donors (Lipinski definition) is 2. The molecule has 0 aliphatic rings. The van der Waals surface area contributed by atoms with Gasteiger partial charge in [0.25, 0.3) is 0 Å². The summed E-state index contributed by atoms with van der Waals surface area (Å²) in [6.07, 6.45) is 3.42. The SMILES string of the molecule is NC(=[SH+])[N-]N=C(c1ccccc1)c1ccccn1.NC(=[SH+])[N-]N=C(c1ccccc1)c1ccccn1.[Ni+2]. The molecule has 2 aromatic heterocycles. The van der Waals surface area contributed by atoms with Crippen LogP contribution in [0.2, 0.25) is 0 Å². The average Bonchev–Trinajstić information content (AvgIpc) is 2.91. The van der Waals surface area contributed by atoms with Crippen LogP contribution in [-0.2, 0) is 40.9 Å². The Labute approximate surface area is 236 Å². The normalized spacial score (nSPS) is 10.8. The maximum Gasteiger partial charge on any atom is 2.00 e. The number of thiol groups is 2. The number of hydrogen-bond acceptors (Lipinski definition) is 4. The summed E-state index contributed by atoms with van der Waals surface area (Å²) in [5.74, 6) is 0. The minimum absolute atomic E-state index is 0. The maximum absolute atomic E-state index is 5.38. The van der Waals surface area contributed by atoms with E-state index in [1.54, 1.807) is 12.4 Å². The predicted octanol–water partition coefficient (Wildman–Crippen LogP) is 3.06. The van der Waals surface area contributed by atoms with E-state index in [1.165, 1.54) is 0 Å². The summed E-state index contributed by atoms with van der Waals surface area (Å²) in [6.45, 7) is 0. The van der Waals surface area contributed by atoms with Crippen molar-refractivity contribution >= 4 is 46.1 Å². The first-order valence-corrected chi connectivity index (χ1v) is 11.6. The topological polar surface area (TPSA) is 131 Å². The largest absolute Gasteiger partial charge is 2.00 e. The van der Waals surface area contributed by atoms with E-state index in [0.29, 0.717) is 11.4 Å². The molecule has 0 radical (unpaired) electrons. The first kappa shape index (κ1) is 29.5. The molecule has 0 saturated carbocycles. The summed E-state index contributed by atoms with van der Waals surface area (Å²) < 4.78 is 0. The number of benzene rings is 2. The second-order valence-corrected chi connectivity index (χ2v) is 7.89. The van der Waals surface area contributed by atoms with E-state index in [1.807, 2.05) is 97.1 Å². The fraction of sp³-hybridized carbons (Fsp3) is 0. The fourth-order valence-corrected chi connectivity index (χ4v) is 3.00. The van der Waals surface area contributed by atoms with E-state index in [4.69, 9.17) is 11.5 Å². The molecule has 2 aromatic carbocycles. The summed E-state index contributed by atoms with van der Waals surface area (Å²) in [5.41, 5.74) is 23.0. The van der Waals surface area contributed by atoms with Crippen LogP contribution >= 0.6 is 0 Å². The monoisotopic (exact) mass is 570 g/mol. The van der Waals surface area contributed by atoms with Crippen molar-refractivity contribution in [3.8, 4) is 0 Å². The molecule has 0 amide bonds. The molecule has 8 nitrogen and oxygen atoms in total. The molecule has 0 saturated heterocycles. The maximum atomic E-state index is 5.38. The van der Waals surface area contributed by atoms with Gasteiger partial charge < -0.3 is 21.1 Å². The molecule has 0 aliphatic carbocycles. The van der Waals surface area contributed by atoms with Crippen LogP contribution < -0.4 is 11.5 Å². The molecule has 4 aromatic rings. The average molecular weight is 571 g/mol. The Morgan fingerprint density at radius 2 is 0.919 bits per heavy atom. The van der Waals surface area contributed by atoms with Gasteiger partial charge in [-0.25, -0.2) is 0 Å². The van der Waals surface area contributed by atoms with Gasteiger partial charge in [0.15, 0.2) is 34.7 Å². The molecule has 4 rings (SSSR count). The number of nitrogens with two attached hydrogens (primary N) is 2. The van der Waals surface area contributed by atoms with Crippen LogP contribution in [0.3, 0.4) is 0 Å². The minimum Gasteiger partial charge on any atom is -0.515 e. The molecule has 0 spiro atoms. The van der Waals surface area contributed by atoms with Gasteiger partial charge in [0, 0.05) is 23.5 Å². The number of nitrogens with zero attached hydrogens (tertiary/aromatic N) is 6. The molecular weight excluding hydrogens is 547 g/mol. The van der Waals surface area contributed by atoms with Crippen molar-refractivity contribution in [1.82, 2.24) is 9.97 Å². The van der Waals surface area contributed by atoms with Crippen LogP contribution in [0, 0.1) is 0 Å². The van der Waals surface area contributed by atoms with Gasteiger partial charge in [-0.1, -0.05) is 72.8 Å². The molecule has 0 bridgehead atoms. The van der Waals surface area contributed by atoms with Gasteiger partial charge in [-0.05, 0) is 24.3 Å². The Balaban J connectivity index is 0.000000253. The third-order valence-corrected chi connectivity index (χ3v) is 4.59. The molecule has 2 heterocycles. The number of pyridine rings is 2. The van der Waals surface area contributed by atoms with Crippen LogP contribution in [0.25, 0.3) is 10.9 Å². The van der Waals surface area contributed by atoms with Gasteiger partial charge in [-0.2, -0.15) is 0 Å². The van der Waals surface area contributed by atoms with Crippen molar-refractivity contribution in [3.05, 3.63) is 143 Å². The van der Waals surface area contributed by atoms with E-state index in [0.717, 1.165) is 22.5 Å². The van der Waals surface area contributed by atoms with E-state index < -0.39 is 0 Å². The number of aromatic nitrogens is 2. The number of rotatable bonds is 6. The molecule has 0 atom stereocenters. The zero-order valence-corrected chi connectivity index (χ0v) is 22.2. The molecule has 188 valence electrons. The van der Waals surface area contributed by atoms with E-state index in [2.05, 4.69) is 55.5 Å². The predicted molar refractivity (Wildman–Crippen MR) is 155 cm³/mol. The summed E-state index contributed by atoms with van der Waals surface area (Å²) in [5, 5.41) is 8.43. The van der Waals surface area contributed by atoms with Crippen LogP contribution in [0.15, 0.2) is 120 Å². The second kappa shape index (κ2) is 16.1. The summed E-state index contributed by atoms with van der Waals surface area (Å²) >= 11 is 7.80. The summed E-state index contributed by atoms with van der Waals surface area (Å²) in [4.78, 5) is 8.54. The van der Waals surface area contributed by atoms with Gasteiger partial charge >= 0.3 is 16.5 Å². The third kappa shape index (κ3) is 10.0. The Hall–Kier alpha value is -3.73. The Kier molecular flexibility index (Phi) is 12.8. The van der Waals surface area contributed by atoms with Crippen LogP contribution in [0.1, 0.15) is 22.5 Å². The van der Waals surface area contributed by atoms with Crippen LogP contribution in [0.5, 0.6) is 0 Å². The van der Waals surface area contributed by atoms with E-state index >= 15 is 0 Å².